The SMILES string of the molecule is CNC(Cc1cc(Cl)ccc1F)CC(C)(C)OC. The van der Waals surface area contributed by atoms with Crippen molar-refractivity contribution in [3.8, 4) is 0 Å². The minimum atomic E-state index is -0.233. The summed E-state index contributed by atoms with van der Waals surface area (Å²) < 4.78 is 19.1. The van der Waals surface area contributed by atoms with E-state index in [4.69, 9.17) is 16.3 Å². The summed E-state index contributed by atoms with van der Waals surface area (Å²) in [5.41, 5.74) is 0.400. The molecule has 0 bridgehead atoms. The average molecular weight is 274 g/mol. The molecular formula is C14H21ClFNO. The first-order valence-corrected chi connectivity index (χ1v) is 6.42. The van der Waals surface area contributed by atoms with Crippen LogP contribution in [0.3, 0.4) is 0 Å². The molecule has 1 aromatic rings. The highest BCUT2D eigenvalue weighted by Gasteiger charge is 2.22. The maximum atomic E-state index is 13.7. The predicted octanol–water partition coefficient (Wildman–Crippen LogP) is 3.42. The number of hydrogen-bond acceptors (Lipinski definition) is 2. The second kappa shape index (κ2) is 6.50. The van der Waals surface area contributed by atoms with Crippen molar-refractivity contribution in [1.82, 2.24) is 5.32 Å². The van der Waals surface area contributed by atoms with E-state index in [2.05, 4.69) is 5.32 Å². The van der Waals surface area contributed by atoms with Crippen LogP contribution in [0, 0.1) is 5.82 Å². The van der Waals surface area contributed by atoms with E-state index in [9.17, 15) is 4.39 Å². The van der Waals surface area contributed by atoms with Crippen LogP contribution in [0.5, 0.6) is 0 Å². The molecule has 0 spiro atoms. The molecule has 0 saturated heterocycles. The van der Waals surface area contributed by atoms with Crippen molar-refractivity contribution in [3.05, 3.63) is 34.6 Å². The van der Waals surface area contributed by atoms with Gasteiger partial charge in [0.15, 0.2) is 0 Å². The molecule has 1 N–H and O–H groups in total. The Hall–Kier alpha value is -0.640. The third-order valence-corrected chi connectivity index (χ3v) is 3.41. The highest BCUT2D eigenvalue weighted by Crippen LogP contribution is 2.21. The van der Waals surface area contributed by atoms with Crippen molar-refractivity contribution < 1.29 is 9.13 Å². The molecule has 2 nitrogen and oxygen atoms in total. The zero-order chi connectivity index (χ0) is 13.8. The van der Waals surface area contributed by atoms with Gasteiger partial charge < -0.3 is 10.1 Å². The summed E-state index contributed by atoms with van der Waals surface area (Å²) in [7, 11) is 3.56. The van der Waals surface area contributed by atoms with Gasteiger partial charge in [0.25, 0.3) is 0 Å². The van der Waals surface area contributed by atoms with Gasteiger partial charge in [0.2, 0.25) is 0 Å². The Balaban J connectivity index is 2.77. The first-order chi connectivity index (χ1) is 8.38. The molecular weight excluding hydrogens is 253 g/mol. The van der Waals surface area contributed by atoms with E-state index in [0.29, 0.717) is 17.0 Å². The fourth-order valence-electron chi connectivity index (χ4n) is 1.92. The Labute approximate surface area is 113 Å². The molecule has 0 saturated carbocycles. The van der Waals surface area contributed by atoms with Crippen LogP contribution in [0.1, 0.15) is 25.8 Å². The van der Waals surface area contributed by atoms with Gasteiger partial charge in [0, 0.05) is 18.2 Å². The zero-order valence-corrected chi connectivity index (χ0v) is 12.1. The summed E-state index contributed by atoms with van der Waals surface area (Å²) in [4.78, 5) is 0. The summed E-state index contributed by atoms with van der Waals surface area (Å²) in [6.45, 7) is 4.04. The van der Waals surface area contributed by atoms with Crippen LogP contribution >= 0.6 is 11.6 Å². The quantitative estimate of drug-likeness (QED) is 0.857. The molecule has 0 aliphatic rings. The van der Waals surface area contributed by atoms with Crippen molar-refractivity contribution in [2.24, 2.45) is 0 Å². The Bertz CT molecular complexity index is 395. The summed E-state index contributed by atoms with van der Waals surface area (Å²) in [5, 5.41) is 3.76. The van der Waals surface area contributed by atoms with Crippen molar-refractivity contribution >= 4 is 11.6 Å². The van der Waals surface area contributed by atoms with E-state index in [1.807, 2.05) is 20.9 Å². The normalized spacial score (nSPS) is 13.7. The smallest absolute Gasteiger partial charge is 0.126 e. The summed E-state index contributed by atoms with van der Waals surface area (Å²) in [6.07, 6.45) is 1.39. The molecule has 4 heteroatoms. The van der Waals surface area contributed by atoms with Crippen molar-refractivity contribution in [2.75, 3.05) is 14.2 Å². The van der Waals surface area contributed by atoms with E-state index in [0.717, 1.165) is 6.42 Å². The summed E-state index contributed by atoms with van der Waals surface area (Å²) in [6, 6.07) is 4.80. The molecule has 0 heterocycles. The van der Waals surface area contributed by atoms with Gasteiger partial charge in [-0.15, -0.1) is 0 Å². The van der Waals surface area contributed by atoms with Crippen LogP contribution in [0.4, 0.5) is 4.39 Å². The number of likely N-dealkylation sites (N-methyl/N-ethyl adjacent to an activating group) is 1. The molecule has 0 radical (unpaired) electrons. The minimum absolute atomic E-state index is 0.146. The Morgan fingerprint density at radius 3 is 2.67 bits per heavy atom. The number of hydrogen-bond donors (Lipinski definition) is 1. The molecule has 0 aliphatic heterocycles. The Kier molecular flexibility index (Phi) is 5.57. The molecule has 18 heavy (non-hydrogen) atoms. The van der Waals surface area contributed by atoms with E-state index in [1.54, 1.807) is 19.2 Å². The van der Waals surface area contributed by atoms with Gasteiger partial charge in [-0.25, -0.2) is 4.39 Å². The summed E-state index contributed by atoms with van der Waals surface area (Å²) >= 11 is 5.89. The van der Waals surface area contributed by atoms with E-state index in [-0.39, 0.29) is 17.5 Å². The number of rotatable bonds is 6. The van der Waals surface area contributed by atoms with Gasteiger partial charge in [-0.3, -0.25) is 0 Å². The largest absolute Gasteiger partial charge is 0.379 e. The number of nitrogens with one attached hydrogen (secondary N) is 1. The average Bonchev–Trinajstić information content (AvgIpc) is 2.32. The number of ether oxygens (including phenoxy) is 1. The molecule has 0 fully saturated rings. The number of benzene rings is 1. The topological polar surface area (TPSA) is 21.3 Å². The standard InChI is InChI=1S/C14H21ClFNO/c1-14(2,18-4)9-12(17-3)8-10-7-11(15)5-6-13(10)16/h5-7,12,17H,8-9H2,1-4H3. The molecule has 1 aromatic carbocycles. The van der Waals surface area contributed by atoms with Gasteiger partial charge >= 0.3 is 0 Å². The Morgan fingerprint density at radius 2 is 2.11 bits per heavy atom. The van der Waals surface area contributed by atoms with Crippen molar-refractivity contribution in [2.45, 2.75) is 38.3 Å². The van der Waals surface area contributed by atoms with E-state index < -0.39 is 0 Å². The molecule has 0 amide bonds. The van der Waals surface area contributed by atoms with Crippen LogP contribution in [0.25, 0.3) is 0 Å². The molecule has 1 atom stereocenters. The molecule has 102 valence electrons. The lowest BCUT2D eigenvalue weighted by molar-refractivity contribution is 0.00766. The number of methoxy groups -OCH3 is 1. The second-order valence-electron chi connectivity index (χ2n) is 5.09. The maximum absolute atomic E-state index is 13.7. The first kappa shape index (κ1) is 15.4. The monoisotopic (exact) mass is 273 g/mol. The summed E-state index contributed by atoms with van der Waals surface area (Å²) in [5.74, 6) is -0.213. The van der Waals surface area contributed by atoms with Crippen LogP contribution in [0.15, 0.2) is 18.2 Å². The predicted molar refractivity (Wildman–Crippen MR) is 73.7 cm³/mol. The minimum Gasteiger partial charge on any atom is -0.379 e. The van der Waals surface area contributed by atoms with Crippen LogP contribution in [0.2, 0.25) is 5.02 Å². The van der Waals surface area contributed by atoms with Gasteiger partial charge in [0.1, 0.15) is 5.82 Å². The molecule has 0 aliphatic carbocycles. The van der Waals surface area contributed by atoms with Gasteiger partial charge in [0.05, 0.1) is 5.60 Å². The highest BCUT2D eigenvalue weighted by atomic mass is 35.5. The van der Waals surface area contributed by atoms with Crippen LogP contribution in [-0.2, 0) is 11.2 Å². The number of halogens is 2. The second-order valence-corrected chi connectivity index (χ2v) is 5.53. The van der Waals surface area contributed by atoms with Gasteiger partial charge in [-0.1, -0.05) is 11.6 Å². The first-order valence-electron chi connectivity index (χ1n) is 6.04. The van der Waals surface area contributed by atoms with E-state index >= 15 is 0 Å². The van der Waals surface area contributed by atoms with Crippen LogP contribution in [-0.4, -0.2) is 25.8 Å². The lowest BCUT2D eigenvalue weighted by atomic mass is 9.94. The molecule has 1 unspecified atom stereocenters. The van der Waals surface area contributed by atoms with Crippen molar-refractivity contribution in [1.29, 1.82) is 0 Å². The van der Waals surface area contributed by atoms with Gasteiger partial charge in [-0.2, -0.15) is 0 Å². The van der Waals surface area contributed by atoms with Crippen LogP contribution < -0.4 is 5.32 Å². The Morgan fingerprint density at radius 1 is 1.44 bits per heavy atom. The van der Waals surface area contributed by atoms with Gasteiger partial charge in [-0.05, 0) is 57.5 Å². The fourth-order valence-corrected chi connectivity index (χ4v) is 2.11. The molecule has 0 aromatic heterocycles. The highest BCUT2D eigenvalue weighted by molar-refractivity contribution is 6.30. The lowest BCUT2D eigenvalue weighted by Crippen LogP contribution is -2.37. The molecule has 1 rings (SSSR count). The van der Waals surface area contributed by atoms with Crippen molar-refractivity contribution in [3.63, 3.8) is 0 Å². The lowest BCUT2D eigenvalue weighted by Gasteiger charge is -2.28. The maximum Gasteiger partial charge on any atom is 0.126 e. The zero-order valence-electron chi connectivity index (χ0n) is 11.4. The third-order valence-electron chi connectivity index (χ3n) is 3.17. The fraction of sp³-hybridized carbons (Fsp3) is 0.571. The third kappa shape index (κ3) is 4.56. The van der Waals surface area contributed by atoms with E-state index in [1.165, 1.54) is 6.07 Å².